The summed E-state index contributed by atoms with van der Waals surface area (Å²) in [5.41, 5.74) is 3.19. The minimum atomic E-state index is -1.22. The zero-order valence-corrected chi connectivity index (χ0v) is 16.2. The van der Waals surface area contributed by atoms with Gasteiger partial charge in [-0.15, -0.1) is 0 Å². The Morgan fingerprint density at radius 2 is 2.19 bits per heavy atom. The van der Waals surface area contributed by atoms with E-state index in [0.29, 0.717) is 19.6 Å². The van der Waals surface area contributed by atoms with Crippen molar-refractivity contribution in [1.82, 2.24) is 9.88 Å². The summed E-state index contributed by atoms with van der Waals surface area (Å²) in [5.74, 6) is 0.825. The molecule has 1 aliphatic rings. The molecule has 0 saturated carbocycles. The number of benzene rings is 1. The number of aromatic nitrogens is 1. The van der Waals surface area contributed by atoms with Gasteiger partial charge in [0.25, 0.3) is 0 Å². The first-order valence-corrected chi connectivity index (χ1v) is 9.43. The van der Waals surface area contributed by atoms with Crippen LogP contribution in [0.4, 0.5) is 10.6 Å². The van der Waals surface area contributed by atoms with Crippen molar-refractivity contribution in [3.8, 4) is 0 Å². The fourth-order valence-electron chi connectivity index (χ4n) is 3.23. The minimum absolute atomic E-state index is 0.154. The number of nitrogens with zero attached hydrogens (tertiary/aromatic N) is 2. The third-order valence-electron chi connectivity index (χ3n) is 4.70. The quantitative estimate of drug-likeness (QED) is 0.680. The Balaban J connectivity index is 1.61. The Hall–Kier alpha value is -2.31. The summed E-state index contributed by atoms with van der Waals surface area (Å²) in [6, 6.07) is 12.2. The highest BCUT2D eigenvalue weighted by molar-refractivity contribution is 6.31. The highest BCUT2D eigenvalue weighted by Gasteiger charge is 2.30. The van der Waals surface area contributed by atoms with E-state index >= 15 is 0 Å². The Morgan fingerprint density at radius 3 is 2.85 bits per heavy atom. The van der Waals surface area contributed by atoms with Crippen LogP contribution in [0.2, 0.25) is 5.02 Å². The monoisotopic (exact) mass is 389 g/mol. The molecule has 3 rings (SSSR count). The molecule has 2 heterocycles. The summed E-state index contributed by atoms with van der Waals surface area (Å²) < 4.78 is 4.74. The average Bonchev–Trinajstić information content (AvgIpc) is 2.60. The number of hydrogen-bond donors (Lipinski definition) is 2. The first kappa shape index (κ1) is 19.5. The topological polar surface area (TPSA) is 74.7 Å². The molecule has 2 N–H and O–H groups in total. The zero-order chi connectivity index (χ0) is 19.4. The highest BCUT2D eigenvalue weighted by Crippen LogP contribution is 2.26. The fraction of sp³-hybridized carbons (Fsp3) is 0.400. The van der Waals surface area contributed by atoms with E-state index in [9.17, 15) is 4.79 Å². The molecule has 6 nitrogen and oxygen atoms in total. The number of hydrogen-bond acceptors (Lipinski definition) is 5. The van der Waals surface area contributed by atoms with E-state index in [1.165, 1.54) is 5.56 Å². The van der Waals surface area contributed by atoms with E-state index in [2.05, 4.69) is 23.2 Å². The summed E-state index contributed by atoms with van der Waals surface area (Å²) in [6.07, 6.45) is -0.527. The zero-order valence-electron chi connectivity index (χ0n) is 15.5. The molecule has 1 aliphatic heterocycles. The lowest BCUT2D eigenvalue weighted by molar-refractivity contribution is -0.0367. The molecule has 0 spiro atoms. The normalized spacial score (nSPS) is 15.8. The molecular weight excluding hydrogens is 366 g/mol. The van der Waals surface area contributed by atoms with Gasteiger partial charge in [0.2, 0.25) is 0 Å². The van der Waals surface area contributed by atoms with Crippen molar-refractivity contribution in [3.05, 3.63) is 58.2 Å². The smallest absolute Gasteiger partial charge is 0.450 e. The molecule has 2 aromatic rings. The molecule has 0 bridgehead atoms. The van der Waals surface area contributed by atoms with E-state index in [1.54, 1.807) is 0 Å². The van der Waals surface area contributed by atoms with Gasteiger partial charge in [0.1, 0.15) is 11.9 Å². The van der Waals surface area contributed by atoms with Crippen LogP contribution in [0.3, 0.4) is 0 Å². The first-order valence-electron chi connectivity index (χ1n) is 9.05. The Morgan fingerprint density at radius 1 is 1.41 bits per heavy atom. The molecule has 1 atom stereocenters. The summed E-state index contributed by atoms with van der Waals surface area (Å²) in [6.45, 7) is 6.02. The van der Waals surface area contributed by atoms with Gasteiger partial charge in [-0.2, -0.15) is 0 Å². The van der Waals surface area contributed by atoms with Crippen LogP contribution in [0.5, 0.6) is 0 Å². The van der Waals surface area contributed by atoms with Crippen LogP contribution in [-0.4, -0.2) is 40.3 Å². The lowest BCUT2D eigenvalue weighted by Gasteiger charge is -2.37. The lowest BCUT2D eigenvalue weighted by Crippen LogP contribution is -2.52. The molecule has 0 aliphatic carbocycles. The highest BCUT2D eigenvalue weighted by atomic mass is 35.5. The maximum Gasteiger partial charge on any atom is 0.506 e. The molecule has 144 valence electrons. The molecule has 0 radical (unpaired) electrons. The molecule has 1 aromatic heterocycles. The van der Waals surface area contributed by atoms with E-state index in [-0.39, 0.29) is 12.1 Å². The fourth-order valence-corrected chi connectivity index (χ4v) is 3.35. The number of halogens is 1. The van der Waals surface area contributed by atoms with Crippen LogP contribution in [0, 0.1) is 6.92 Å². The molecule has 7 heteroatoms. The predicted octanol–water partition coefficient (Wildman–Crippen LogP) is 4.49. The van der Waals surface area contributed by atoms with Gasteiger partial charge in [-0.05, 0) is 42.7 Å². The Kier molecular flexibility index (Phi) is 6.19. The van der Waals surface area contributed by atoms with Crippen LogP contribution in [-0.2, 0) is 11.3 Å². The van der Waals surface area contributed by atoms with Crippen molar-refractivity contribution >= 4 is 23.6 Å². The Bertz CT molecular complexity index is 809. The number of carbonyl (C=O) groups is 1. The maximum atomic E-state index is 10.5. The van der Waals surface area contributed by atoms with Gasteiger partial charge in [0, 0.05) is 24.7 Å². The predicted molar refractivity (Wildman–Crippen MR) is 105 cm³/mol. The van der Waals surface area contributed by atoms with Crippen molar-refractivity contribution in [1.29, 1.82) is 0 Å². The number of carboxylic acid groups (broad SMARTS) is 1. The first-order chi connectivity index (χ1) is 12.9. The van der Waals surface area contributed by atoms with E-state index in [4.69, 9.17) is 26.4 Å². The molecule has 27 heavy (non-hydrogen) atoms. The van der Waals surface area contributed by atoms with Crippen LogP contribution in [0.25, 0.3) is 0 Å². The van der Waals surface area contributed by atoms with Gasteiger partial charge in [-0.1, -0.05) is 36.7 Å². The van der Waals surface area contributed by atoms with Crippen molar-refractivity contribution in [3.63, 3.8) is 0 Å². The van der Waals surface area contributed by atoms with Gasteiger partial charge in [-0.3, -0.25) is 4.90 Å². The van der Waals surface area contributed by atoms with E-state index in [1.807, 2.05) is 37.3 Å². The van der Waals surface area contributed by atoms with Gasteiger partial charge in [-0.25, -0.2) is 9.78 Å². The number of ether oxygens (including phenoxy) is 1. The standard InChI is InChI=1S/C20H24ClN3O3/c1-3-18(14-7-8-17(21)13(2)9-14)23-19-6-4-5-15(22-19)10-24-11-16(12-24)27-20(25)26/h4-9,16,18H,3,10-12H2,1-2H3,(H,22,23)(H,25,26)/t18-/m1/s1. The number of pyridine rings is 1. The second kappa shape index (κ2) is 8.59. The van der Waals surface area contributed by atoms with Gasteiger partial charge >= 0.3 is 6.16 Å². The third-order valence-corrected chi connectivity index (χ3v) is 5.12. The number of nitrogens with one attached hydrogen (secondary N) is 1. The van der Waals surface area contributed by atoms with E-state index in [0.717, 1.165) is 28.5 Å². The summed E-state index contributed by atoms with van der Waals surface area (Å²) in [5, 5.41) is 12.9. The van der Waals surface area contributed by atoms with Crippen LogP contribution >= 0.6 is 11.6 Å². The third kappa shape index (κ3) is 5.11. The number of aryl methyl sites for hydroxylation is 1. The molecule has 0 amide bonds. The summed E-state index contributed by atoms with van der Waals surface area (Å²) in [7, 11) is 0. The number of anilines is 1. The summed E-state index contributed by atoms with van der Waals surface area (Å²) >= 11 is 6.14. The second-order valence-corrected chi connectivity index (χ2v) is 7.24. The largest absolute Gasteiger partial charge is 0.506 e. The number of likely N-dealkylation sites (tertiary alicyclic amines) is 1. The van der Waals surface area contributed by atoms with Crippen LogP contribution < -0.4 is 5.32 Å². The van der Waals surface area contributed by atoms with Crippen molar-refractivity contribution in [2.24, 2.45) is 0 Å². The van der Waals surface area contributed by atoms with Crippen molar-refractivity contribution in [2.75, 3.05) is 18.4 Å². The van der Waals surface area contributed by atoms with Crippen molar-refractivity contribution < 1.29 is 14.6 Å². The second-order valence-electron chi connectivity index (χ2n) is 6.83. The van der Waals surface area contributed by atoms with E-state index < -0.39 is 6.16 Å². The van der Waals surface area contributed by atoms with Gasteiger partial charge < -0.3 is 15.2 Å². The van der Waals surface area contributed by atoms with Crippen molar-refractivity contribution in [2.45, 2.75) is 39.0 Å². The van der Waals surface area contributed by atoms with Gasteiger partial charge in [0.05, 0.1) is 11.7 Å². The number of rotatable bonds is 7. The SMILES string of the molecule is CC[C@@H](Nc1cccc(CN2CC(OC(=O)O)C2)n1)c1ccc(Cl)c(C)c1. The molecule has 1 saturated heterocycles. The molecule has 0 unspecified atom stereocenters. The average molecular weight is 390 g/mol. The molecular formula is C20H24ClN3O3. The Labute approximate surface area is 164 Å². The lowest BCUT2D eigenvalue weighted by atomic mass is 10.0. The van der Waals surface area contributed by atoms with Crippen LogP contribution in [0.1, 0.15) is 36.2 Å². The summed E-state index contributed by atoms with van der Waals surface area (Å²) in [4.78, 5) is 17.3. The maximum absolute atomic E-state index is 10.5. The minimum Gasteiger partial charge on any atom is -0.450 e. The molecule has 1 aromatic carbocycles. The van der Waals surface area contributed by atoms with Gasteiger partial charge in [0.15, 0.2) is 0 Å². The molecule has 1 fully saturated rings. The van der Waals surface area contributed by atoms with Crippen LogP contribution in [0.15, 0.2) is 36.4 Å².